The molecule has 2 N–H and O–H groups in total. The maximum atomic E-state index is 9.65. The van der Waals surface area contributed by atoms with Crippen LogP contribution in [0.5, 0.6) is 0 Å². The van der Waals surface area contributed by atoms with Gasteiger partial charge in [-0.3, -0.25) is 0 Å². The number of anilines is 1. The van der Waals surface area contributed by atoms with Gasteiger partial charge in [0.2, 0.25) is 0 Å². The van der Waals surface area contributed by atoms with Crippen LogP contribution in [0.1, 0.15) is 19.8 Å². The van der Waals surface area contributed by atoms with E-state index in [1.165, 1.54) is 0 Å². The lowest BCUT2D eigenvalue weighted by Gasteiger charge is -2.40. The summed E-state index contributed by atoms with van der Waals surface area (Å²) in [5.41, 5.74) is 0.794. The molecular weight excluding hydrogens is 282 g/mol. The van der Waals surface area contributed by atoms with Crippen molar-refractivity contribution in [1.82, 2.24) is 0 Å². The molecule has 1 aromatic carbocycles. The van der Waals surface area contributed by atoms with Gasteiger partial charge in [0.25, 0.3) is 0 Å². The first-order valence-corrected chi connectivity index (χ1v) is 6.69. The first-order chi connectivity index (χ1) is 8.13. The largest absolute Gasteiger partial charge is 0.394 e. The van der Waals surface area contributed by atoms with Crippen molar-refractivity contribution in [3.05, 3.63) is 28.7 Å². The van der Waals surface area contributed by atoms with Crippen molar-refractivity contribution in [3.63, 3.8) is 0 Å². The van der Waals surface area contributed by atoms with Gasteiger partial charge < -0.3 is 15.2 Å². The van der Waals surface area contributed by atoms with E-state index in [0.29, 0.717) is 6.61 Å². The summed E-state index contributed by atoms with van der Waals surface area (Å²) >= 11 is 3.41. The predicted octanol–water partition coefficient (Wildman–Crippen LogP) is 2.79. The van der Waals surface area contributed by atoms with Crippen LogP contribution in [0.4, 0.5) is 5.69 Å². The van der Waals surface area contributed by atoms with Crippen molar-refractivity contribution in [2.45, 2.75) is 31.4 Å². The number of aliphatic hydroxyl groups excluding tert-OH is 1. The highest BCUT2D eigenvalue weighted by atomic mass is 79.9. The Morgan fingerprint density at radius 2 is 2.18 bits per heavy atom. The number of halogens is 1. The number of rotatable bonds is 3. The van der Waals surface area contributed by atoms with E-state index in [-0.39, 0.29) is 18.2 Å². The van der Waals surface area contributed by atoms with Crippen molar-refractivity contribution in [3.8, 4) is 0 Å². The monoisotopic (exact) mass is 299 g/mol. The van der Waals surface area contributed by atoms with E-state index in [4.69, 9.17) is 4.74 Å². The molecule has 0 aromatic heterocycles. The lowest BCUT2D eigenvalue weighted by Crippen LogP contribution is -2.49. The molecule has 0 amide bonds. The van der Waals surface area contributed by atoms with Crippen LogP contribution < -0.4 is 5.32 Å². The van der Waals surface area contributed by atoms with Gasteiger partial charge in [0, 0.05) is 16.8 Å². The first kappa shape index (κ1) is 12.9. The summed E-state index contributed by atoms with van der Waals surface area (Å²) in [6.07, 6.45) is 1.86. The Kier molecular flexibility index (Phi) is 4.07. The number of hydrogen-bond donors (Lipinski definition) is 2. The van der Waals surface area contributed by atoms with Gasteiger partial charge in [0.15, 0.2) is 0 Å². The van der Waals surface area contributed by atoms with E-state index in [1.54, 1.807) is 0 Å². The molecule has 1 fully saturated rings. The van der Waals surface area contributed by atoms with Gasteiger partial charge >= 0.3 is 0 Å². The summed E-state index contributed by atoms with van der Waals surface area (Å²) in [6.45, 7) is 2.88. The number of benzene rings is 1. The molecule has 94 valence electrons. The summed E-state index contributed by atoms with van der Waals surface area (Å²) in [5, 5.41) is 13.1. The second-order valence-corrected chi connectivity index (χ2v) is 5.62. The normalized spacial score (nSPS) is 29.0. The van der Waals surface area contributed by atoms with E-state index in [2.05, 4.69) is 21.2 Å². The molecule has 2 unspecified atom stereocenters. The van der Waals surface area contributed by atoms with Crippen molar-refractivity contribution in [1.29, 1.82) is 0 Å². The lowest BCUT2D eigenvalue weighted by atomic mass is 9.87. The molecule has 0 bridgehead atoms. The predicted molar refractivity (Wildman–Crippen MR) is 72.2 cm³/mol. The van der Waals surface area contributed by atoms with E-state index in [9.17, 15) is 5.11 Å². The molecule has 0 saturated carbocycles. The second-order valence-electron chi connectivity index (χ2n) is 4.71. The molecule has 0 spiro atoms. The van der Waals surface area contributed by atoms with E-state index in [0.717, 1.165) is 23.0 Å². The Morgan fingerprint density at radius 3 is 2.76 bits per heavy atom. The van der Waals surface area contributed by atoms with Gasteiger partial charge in [-0.1, -0.05) is 15.9 Å². The van der Waals surface area contributed by atoms with Crippen molar-refractivity contribution >= 4 is 21.6 Å². The first-order valence-electron chi connectivity index (χ1n) is 5.90. The third-order valence-corrected chi connectivity index (χ3v) is 3.75. The van der Waals surface area contributed by atoms with Crippen LogP contribution >= 0.6 is 15.9 Å². The molecule has 1 saturated heterocycles. The highest BCUT2D eigenvalue weighted by Gasteiger charge is 2.34. The second kappa shape index (κ2) is 5.38. The van der Waals surface area contributed by atoms with Gasteiger partial charge in [-0.05, 0) is 44.0 Å². The summed E-state index contributed by atoms with van der Waals surface area (Å²) in [4.78, 5) is 0. The maximum Gasteiger partial charge on any atom is 0.0663 e. The minimum atomic E-state index is -0.245. The van der Waals surface area contributed by atoms with Crippen LogP contribution in [0.25, 0.3) is 0 Å². The van der Waals surface area contributed by atoms with Gasteiger partial charge in [0.05, 0.1) is 18.2 Å². The average molecular weight is 300 g/mol. The number of ether oxygens (including phenoxy) is 1. The van der Waals surface area contributed by atoms with E-state index >= 15 is 0 Å². The molecule has 1 aromatic rings. The summed E-state index contributed by atoms with van der Waals surface area (Å²) in [7, 11) is 0. The third-order valence-electron chi connectivity index (χ3n) is 3.22. The minimum Gasteiger partial charge on any atom is -0.394 e. The van der Waals surface area contributed by atoms with Gasteiger partial charge in [-0.2, -0.15) is 0 Å². The van der Waals surface area contributed by atoms with Gasteiger partial charge in [-0.15, -0.1) is 0 Å². The zero-order valence-corrected chi connectivity index (χ0v) is 11.5. The summed E-state index contributed by atoms with van der Waals surface area (Å²) < 4.78 is 6.59. The van der Waals surface area contributed by atoms with Gasteiger partial charge in [0.1, 0.15) is 0 Å². The van der Waals surface area contributed by atoms with E-state index in [1.807, 2.05) is 31.2 Å². The summed E-state index contributed by atoms with van der Waals surface area (Å²) in [5.74, 6) is 0. The summed E-state index contributed by atoms with van der Waals surface area (Å²) in [6, 6.07) is 8.02. The minimum absolute atomic E-state index is 0.136. The number of aliphatic hydroxyl groups is 1. The topological polar surface area (TPSA) is 41.5 Å². The molecule has 0 aliphatic carbocycles. The number of hydrogen-bond acceptors (Lipinski definition) is 3. The Hall–Kier alpha value is -0.580. The fourth-order valence-electron chi connectivity index (χ4n) is 2.30. The fourth-order valence-corrected chi connectivity index (χ4v) is 2.57. The Morgan fingerprint density at radius 1 is 1.47 bits per heavy atom. The van der Waals surface area contributed by atoms with Crippen molar-refractivity contribution in [2.24, 2.45) is 0 Å². The average Bonchev–Trinajstić information content (AvgIpc) is 2.32. The van der Waals surface area contributed by atoms with Crippen LogP contribution in [0.15, 0.2) is 28.7 Å². The molecule has 0 radical (unpaired) electrons. The molecule has 17 heavy (non-hydrogen) atoms. The zero-order valence-electron chi connectivity index (χ0n) is 9.95. The molecule has 1 aliphatic rings. The van der Waals surface area contributed by atoms with Crippen LogP contribution in [0.3, 0.4) is 0 Å². The highest BCUT2D eigenvalue weighted by Crippen LogP contribution is 2.29. The smallest absolute Gasteiger partial charge is 0.0663 e. The van der Waals surface area contributed by atoms with Crippen molar-refractivity contribution < 1.29 is 9.84 Å². The van der Waals surface area contributed by atoms with Crippen molar-refractivity contribution in [2.75, 3.05) is 18.5 Å². The molecule has 4 heteroatoms. The van der Waals surface area contributed by atoms with Crippen LogP contribution in [-0.4, -0.2) is 30.0 Å². The zero-order chi connectivity index (χ0) is 12.3. The molecular formula is C13H18BrNO2. The maximum absolute atomic E-state index is 9.65. The van der Waals surface area contributed by atoms with Crippen LogP contribution in [-0.2, 0) is 4.74 Å². The number of nitrogens with one attached hydrogen (secondary N) is 1. The van der Waals surface area contributed by atoms with E-state index < -0.39 is 0 Å². The quantitative estimate of drug-likeness (QED) is 0.902. The van der Waals surface area contributed by atoms with Crippen LogP contribution in [0.2, 0.25) is 0 Å². The van der Waals surface area contributed by atoms with Gasteiger partial charge in [-0.25, -0.2) is 0 Å². The Labute approximate surface area is 110 Å². The molecule has 1 heterocycles. The Bertz CT molecular complexity index is 368. The molecule has 3 nitrogen and oxygen atoms in total. The molecule has 2 rings (SSSR count). The standard InChI is InChI=1S/C13H18BrNO2/c1-10-8-13(9-16,6-7-17-10)15-12-4-2-11(14)3-5-12/h2-5,10,15-16H,6-9H2,1H3. The highest BCUT2D eigenvalue weighted by molar-refractivity contribution is 9.10. The third kappa shape index (κ3) is 3.21. The SMILES string of the molecule is CC1CC(CO)(Nc2ccc(Br)cc2)CCO1. The lowest BCUT2D eigenvalue weighted by molar-refractivity contribution is -0.0160. The molecule has 2 atom stereocenters. The molecule has 1 aliphatic heterocycles. The van der Waals surface area contributed by atoms with Crippen LogP contribution in [0, 0.1) is 0 Å². The fraction of sp³-hybridized carbons (Fsp3) is 0.538. The Balaban J connectivity index is 2.10.